The van der Waals surface area contributed by atoms with Crippen molar-refractivity contribution in [3.8, 4) is 0 Å². The fourth-order valence-electron chi connectivity index (χ4n) is 1.08. The standard InChI is InChI=1S/C9H9ClN2S2/c1-6-2-3-7(13-6)4-11-9-12-5-8(10)14-9/h2-3,5H,4H2,1H3,(H,11,12). The van der Waals surface area contributed by atoms with E-state index in [-0.39, 0.29) is 0 Å². The van der Waals surface area contributed by atoms with Crippen molar-refractivity contribution < 1.29 is 0 Å². The zero-order valence-electron chi connectivity index (χ0n) is 7.58. The molecule has 0 saturated carbocycles. The summed E-state index contributed by atoms with van der Waals surface area (Å²) in [6, 6.07) is 4.25. The number of halogens is 1. The number of hydrogen-bond acceptors (Lipinski definition) is 4. The fourth-order valence-corrected chi connectivity index (χ4v) is 2.72. The maximum Gasteiger partial charge on any atom is 0.184 e. The number of nitrogens with zero attached hydrogens (tertiary/aromatic N) is 1. The van der Waals surface area contributed by atoms with Gasteiger partial charge in [0.25, 0.3) is 0 Å². The third kappa shape index (κ3) is 2.47. The molecule has 2 aromatic rings. The van der Waals surface area contributed by atoms with E-state index < -0.39 is 0 Å². The normalized spacial score (nSPS) is 10.4. The van der Waals surface area contributed by atoms with E-state index in [1.54, 1.807) is 17.5 Å². The van der Waals surface area contributed by atoms with Gasteiger partial charge in [0.1, 0.15) is 4.34 Å². The molecule has 74 valence electrons. The quantitative estimate of drug-likeness (QED) is 0.889. The Morgan fingerprint density at radius 1 is 1.43 bits per heavy atom. The van der Waals surface area contributed by atoms with Crippen LogP contribution in [0.5, 0.6) is 0 Å². The Bertz CT molecular complexity index is 382. The van der Waals surface area contributed by atoms with Crippen molar-refractivity contribution in [3.05, 3.63) is 32.4 Å². The van der Waals surface area contributed by atoms with Gasteiger partial charge >= 0.3 is 0 Å². The molecule has 2 rings (SSSR count). The summed E-state index contributed by atoms with van der Waals surface area (Å²) in [5.74, 6) is 0. The van der Waals surface area contributed by atoms with Crippen molar-refractivity contribution in [2.75, 3.05) is 5.32 Å². The van der Waals surface area contributed by atoms with Gasteiger partial charge in [-0.2, -0.15) is 0 Å². The molecule has 0 saturated heterocycles. The van der Waals surface area contributed by atoms with E-state index in [1.807, 2.05) is 0 Å². The third-order valence-corrected chi connectivity index (χ3v) is 3.76. The number of thiazole rings is 1. The molecule has 0 aliphatic carbocycles. The molecule has 0 spiro atoms. The minimum Gasteiger partial charge on any atom is -0.357 e. The molecule has 2 heterocycles. The third-order valence-electron chi connectivity index (χ3n) is 1.69. The summed E-state index contributed by atoms with van der Waals surface area (Å²) in [7, 11) is 0. The summed E-state index contributed by atoms with van der Waals surface area (Å²) >= 11 is 9.02. The highest BCUT2D eigenvalue weighted by Crippen LogP contribution is 2.24. The average molecular weight is 245 g/mol. The number of aromatic nitrogens is 1. The molecule has 0 unspecified atom stereocenters. The molecule has 0 atom stereocenters. The first-order chi connectivity index (χ1) is 6.74. The Labute approximate surface area is 95.6 Å². The van der Waals surface area contributed by atoms with Gasteiger partial charge in [0.2, 0.25) is 0 Å². The van der Waals surface area contributed by atoms with Crippen LogP contribution in [-0.2, 0) is 6.54 Å². The second-order valence-corrected chi connectivity index (χ2v) is 5.87. The van der Waals surface area contributed by atoms with Gasteiger partial charge < -0.3 is 5.32 Å². The van der Waals surface area contributed by atoms with Crippen LogP contribution in [0.2, 0.25) is 4.34 Å². The van der Waals surface area contributed by atoms with Gasteiger partial charge in [-0.05, 0) is 19.1 Å². The average Bonchev–Trinajstić information content (AvgIpc) is 2.72. The molecule has 2 nitrogen and oxygen atoms in total. The number of rotatable bonds is 3. The van der Waals surface area contributed by atoms with Gasteiger partial charge in [0.15, 0.2) is 5.13 Å². The number of anilines is 1. The van der Waals surface area contributed by atoms with Gasteiger partial charge in [-0.3, -0.25) is 0 Å². The van der Waals surface area contributed by atoms with Crippen LogP contribution in [0.25, 0.3) is 0 Å². The van der Waals surface area contributed by atoms with Gasteiger partial charge in [-0.15, -0.1) is 11.3 Å². The number of nitrogens with one attached hydrogen (secondary N) is 1. The van der Waals surface area contributed by atoms with Crippen LogP contribution in [0, 0.1) is 6.92 Å². The van der Waals surface area contributed by atoms with Crippen molar-refractivity contribution in [1.82, 2.24) is 4.98 Å². The Kier molecular flexibility index (Phi) is 3.05. The highest BCUT2D eigenvalue weighted by atomic mass is 35.5. The highest BCUT2D eigenvalue weighted by Gasteiger charge is 2.00. The zero-order valence-corrected chi connectivity index (χ0v) is 9.97. The Balaban J connectivity index is 1.94. The first-order valence-electron chi connectivity index (χ1n) is 4.14. The van der Waals surface area contributed by atoms with Crippen LogP contribution in [0.3, 0.4) is 0 Å². The summed E-state index contributed by atoms with van der Waals surface area (Å²) in [5, 5.41) is 4.10. The SMILES string of the molecule is Cc1ccc(CNc2ncc(Cl)s2)s1. The predicted octanol–water partition coefficient (Wildman–Crippen LogP) is 3.78. The fraction of sp³-hybridized carbons (Fsp3) is 0.222. The predicted molar refractivity (Wildman–Crippen MR) is 63.5 cm³/mol. The number of aryl methyl sites for hydroxylation is 1. The maximum absolute atomic E-state index is 5.76. The van der Waals surface area contributed by atoms with E-state index in [4.69, 9.17) is 11.6 Å². The van der Waals surface area contributed by atoms with Crippen molar-refractivity contribution in [2.45, 2.75) is 13.5 Å². The molecule has 0 bridgehead atoms. The van der Waals surface area contributed by atoms with Crippen LogP contribution in [-0.4, -0.2) is 4.98 Å². The second kappa shape index (κ2) is 4.29. The minimum absolute atomic E-state index is 0.717. The lowest BCUT2D eigenvalue weighted by Gasteiger charge is -1.98. The molecule has 0 radical (unpaired) electrons. The largest absolute Gasteiger partial charge is 0.357 e. The molecule has 0 fully saturated rings. The molecule has 0 aliphatic heterocycles. The minimum atomic E-state index is 0.717. The first kappa shape index (κ1) is 9.96. The summed E-state index contributed by atoms with van der Waals surface area (Å²) in [5.41, 5.74) is 0. The topological polar surface area (TPSA) is 24.9 Å². The van der Waals surface area contributed by atoms with Crippen LogP contribution in [0.1, 0.15) is 9.75 Å². The molecule has 0 aromatic carbocycles. The van der Waals surface area contributed by atoms with Crippen molar-refractivity contribution in [2.24, 2.45) is 0 Å². The van der Waals surface area contributed by atoms with E-state index >= 15 is 0 Å². The van der Waals surface area contributed by atoms with Crippen LogP contribution >= 0.6 is 34.3 Å². The zero-order chi connectivity index (χ0) is 9.97. The van der Waals surface area contributed by atoms with E-state index in [0.29, 0.717) is 0 Å². The smallest absolute Gasteiger partial charge is 0.184 e. The molecule has 1 N–H and O–H groups in total. The molecule has 5 heteroatoms. The monoisotopic (exact) mass is 244 g/mol. The van der Waals surface area contributed by atoms with Gasteiger partial charge in [0, 0.05) is 9.75 Å². The van der Waals surface area contributed by atoms with Crippen LogP contribution < -0.4 is 5.32 Å². The van der Waals surface area contributed by atoms with Crippen molar-refractivity contribution in [3.63, 3.8) is 0 Å². The molecule has 14 heavy (non-hydrogen) atoms. The molecule has 2 aromatic heterocycles. The summed E-state index contributed by atoms with van der Waals surface area (Å²) in [6.07, 6.45) is 1.66. The Hall–Kier alpha value is -0.580. The first-order valence-corrected chi connectivity index (χ1v) is 6.15. The van der Waals surface area contributed by atoms with Crippen LogP contribution in [0.4, 0.5) is 5.13 Å². The molecular formula is C9H9ClN2S2. The lowest BCUT2D eigenvalue weighted by atomic mass is 10.4. The van der Waals surface area contributed by atoms with Crippen molar-refractivity contribution >= 4 is 39.4 Å². The summed E-state index contributed by atoms with van der Waals surface area (Å²) in [4.78, 5) is 6.76. The molecule has 0 amide bonds. The summed E-state index contributed by atoms with van der Waals surface area (Å²) < 4.78 is 0.717. The Morgan fingerprint density at radius 3 is 2.86 bits per heavy atom. The van der Waals surface area contributed by atoms with Gasteiger partial charge in [-0.1, -0.05) is 22.9 Å². The number of hydrogen-bond donors (Lipinski definition) is 1. The van der Waals surface area contributed by atoms with Gasteiger partial charge in [-0.25, -0.2) is 4.98 Å². The van der Waals surface area contributed by atoms with Crippen LogP contribution in [0.15, 0.2) is 18.3 Å². The second-order valence-electron chi connectivity index (χ2n) is 2.84. The molecular weight excluding hydrogens is 236 g/mol. The Morgan fingerprint density at radius 2 is 2.29 bits per heavy atom. The summed E-state index contributed by atoms with van der Waals surface area (Å²) in [6.45, 7) is 2.93. The van der Waals surface area contributed by atoms with E-state index in [9.17, 15) is 0 Å². The molecule has 0 aliphatic rings. The van der Waals surface area contributed by atoms with E-state index in [2.05, 4.69) is 29.4 Å². The van der Waals surface area contributed by atoms with Gasteiger partial charge in [0.05, 0.1) is 12.7 Å². The highest BCUT2D eigenvalue weighted by molar-refractivity contribution is 7.19. The lowest BCUT2D eigenvalue weighted by molar-refractivity contribution is 1.17. The van der Waals surface area contributed by atoms with Crippen molar-refractivity contribution in [1.29, 1.82) is 0 Å². The van der Waals surface area contributed by atoms with E-state index in [0.717, 1.165) is 16.0 Å². The number of thiophene rings is 1. The maximum atomic E-state index is 5.76. The lowest BCUT2D eigenvalue weighted by Crippen LogP contribution is -1.95. The van der Waals surface area contributed by atoms with E-state index in [1.165, 1.54) is 21.1 Å².